The number of rotatable bonds is 5. The van der Waals surface area contributed by atoms with Crippen LogP contribution in [0.4, 0.5) is 0 Å². The van der Waals surface area contributed by atoms with Gasteiger partial charge in [-0.3, -0.25) is 4.79 Å². The third-order valence-corrected chi connectivity index (χ3v) is 4.91. The third-order valence-electron chi connectivity index (χ3n) is 4.91. The van der Waals surface area contributed by atoms with Crippen LogP contribution in [0.2, 0.25) is 0 Å². The molecule has 2 N–H and O–H groups in total. The number of carbonyl (C=O) groups is 2. The molecule has 0 bridgehead atoms. The minimum atomic E-state index is -0.442. The summed E-state index contributed by atoms with van der Waals surface area (Å²) in [5, 5.41) is 0. The van der Waals surface area contributed by atoms with Crippen LogP contribution in [-0.2, 0) is 4.74 Å². The number of amides is 1. The highest BCUT2D eigenvalue weighted by Crippen LogP contribution is 2.36. The largest absolute Gasteiger partial charge is 0.465 e. The quantitative estimate of drug-likeness (QED) is 0.838. The van der Waals surface area contributed by atoms with Crippen molar-refractivity contribution in [2.45, 2.75) is 40.7 Å². The molecule has 2 rings (SSSR count). The Hall–Kier alpha value is -2.56. The molecule has 2 aromatic rings. The van der Waals surface area contributed by atoms with E-state index < -0.39 is 5.91 Å². The molecule has 1 aromatic heterocycles. The van der Waals surface area contributed by atoms with Crippen LogP contribution >= 0.6 is 0 Å². The van der Waals surface area contributed by atoms with Gasteiger partial charge in [0.25, 0.3) is 5.91 Å². The molecule has 5 heteroatoms. The highest BCUT2D eigenvalue weighted by molar-refractivity contribution is 6.02. The molecular formula is C20H26N2O3. The molecule has 0 spiro atoms. The van der Waals surface area contributed by atoms with E-state index in [1.54, 1.807) is 12.1 Å². The van der Waals surface area contributed by atoms with Crippen molar-refractivity contribution in [3.8, 4) is 11.1 Å². The highest BCUT2D eigenvalue weighted by atomic mass is 16.5. The summed E-state index contributed by atoms with van der Waals surface area (Å²) in [6.07, 6.45) is 0. The number of aromatic nitrogens is 1. The zero-order valence-corrected chi connectivity index (χ0v) is 15.7. The Morgan fingerprint density at radius 2 is 1.60 bits per heavy atom. The molecule has 0 aliphatic carbocycles. The van der Waals surface area contributed by atoms with E-state index in [4.69, 9.17) is 10.5 Å². The lowest BCUT2D eigenvalue weighted by molar-refractivity contribution is 0.0600. The zero-order valence-electron chi connectivity index (χ0n) is 15.7. The van der Waals surface area contributed by atoms with E-state index in [0.717, 1.165) is 22.5 Å². The van der Waals surface area contributed by atoms with Crippen LogP contribution in [0, 0.1) is 19.8 Å². The maximum Gasteiger partial charge on any atom is 0.337 e. The van der Waals surface area contributed by atoms with Gasteiger partial charge < -0.3 is 15.0 Å². The van der Waals surface area contributed by atoms with Crippen molar-refractivity contribution in [1.82, 2.24) is 4.57 Å². The molecular weight excluding hydrogens is 316 g/mol. The predicted molar refractivity (Wildman–Crippen MR) is 98.7 cm³/mol. The Morgan fingerprint density at radius 1 is 1.04 bits per heavy atom. The Balaban J connectivity index is 2.66. The fourth-order valence-corrected chi connectivity index (χ4v) is 3.31. The summed E-state index contributed by atoms with van der Waals surface area (Å²) >= 11 is 0. The molecule has 1 amide bonds. The molecule has 1 atom stereocenters. The maximum atomic E-state index is 12.1. The van der Waals surface area contributed by atoms with E-state index in [1.165, 1.54) is 7.11 Å². The van der Waals surface area contributed by atoms with Gasteiger partial charge in [0.05, 0.1) is 18.2 Å². The van der Waals surface area contributed by atoms with Crippen molar-refractivity contribution in [3.05, 3.63) is 46.8 Å². The number of esters is 1. The lowest BCUT2D eigenvalue weighted by atomic mass is 9.99. The second kappa shape index (κ2) is 7.13. The van der Waals surface area contributed by atoms with Crippen LogP contribution in [-0.4, -0.2) is 23.6 Å². The minimum Gasteiger partial charge on any atom is -0.465 e. The van der Waals surface area contributed by atoms with E-state index in [2.05, 4.69) is 25.3 Å². The van der Waals surface area contributed by atoms with Gasteiger partial charge in [-0.2, -0.15) is 0 Å². The summed E-state index contributed by atoms with van der Waals surface area (Å²) in [7, 11) is 1.35. The molecule has 1 heterocycles. The first-order valence-corrected chi connectivity index (χ1v) is 8.40. The van der Waals surface area contributed by atoms with E-state index >= 15 is 0 Å². The summed E-state index contributed by atoms with van der Waals surface area (Å²) < 4.78 is 6.91. The SMILES string of the molecule is COC(=O)c1ccc(-c2c(C(N)=O)c(C)n(C(C)C(C)C)c2C)cc1. The maximum absolute atomic E-state index is 12.1. The van der Waals surface area contributed by atoms with Gasteiger partial charge in [0, 0.05) is 23.0 Å². The average Bonchev–Trinajstić information content (AvgIpc) is 2.84. The van der Waals surface area contributed by atoms with Crippen molar-refractivity contribution in [3.63, 3.8) is 0 Å². The van der Waals surface area contributed by atoms with Crippen LogP contribution in [0.5, 0.6) is 0 Å². The van der Waals surface area contributed by atoms with Crippen LogP contribution < -0.4 is 5.73 Å². The number of carbonyl (C=O) groups excluding carboxylic acids is 2. The van der Waals surface area contributed by atoms with E-state index in [-0.39, 0.29) is 12.0 Å². The number of ether oxygens (including phenoxy) is 1. The number of nitrogens with two attached hydrogens (primary N) is 1. The highest BCUT2D eigenvalue weighted by Gasteiger charge is 2.25. The minimum absolute atomic E-state index is 0.237. The lowest BCUT2D eigenvalue weighted by Crippen LogP contribution is -2.16. The summed E-state index contributed by atoms with van der Waals surface area (Å²) in [6, 6.07) is 7.28. The monoisotopic (exact) mass is 342 g/mol. The standard InChI is InChI=1S/C20H26N2O3/c1-11(2)12(3)22-13(4)17(18(14(22)5)19(21)23)15-7-9-16(10-8-15)20(24)25-6/h7-12H,1-6H3,(H2,21,23). The molecule has 0 saturated carbocycles. The molecule has 0 aliphatic heterocycles. The summed E-state index contributed by atoms with van der Waals surface area (Å²) in [6.45, 7) is 10.4. The first-order chi connectivity index (χ1) is 11.7. The molecule has 0 fully saturated rings. The summed E-state index contributed by atoms with van der Waals surface area (Å²) in [4.78, 5) is 23.8. The van der Waals surface area contributed by atoms with Gasteiger partial charge in [0.15, 0.2) is 0 Å². The predicted octanol–water partition coefficient (Wildman–Crippen LogP) is 3.87. The van der Waals surface area contributed by atoms with E-state index in [9.17, 15) is 9.59 Å². The van der Waals surface area contributed by atoms with E-state index in [0.29, 0.717) is 17.0 Å². The second-order valence-electron chi connectivity index (χ2n) is 6.71. The Kier molecular flexibility index (Phi) is 5.36. The molecule has 25 heavy (non-hydrogen) atoms. The van der Waals surface area contributed by atoms with Gasteiger partial charge in [-0.25, -0.2) is 4.79 Å². The van der Waals surface area contributed by atoms with Crippen molar-refractivity contribution in [2.24, 2.45) is 11.7 Å². The normalized spacial score (nSPS) is 12.3. The van der Waals surface area contributed by atoms with Crippen LogP contribution in [0.15, 0.2) is 24.3 Å². The zero-order chi connectivity index (χ0) is 18.9. The number of primary amides is 1. The van der Waals surface area contributed by atoms with Gasteiger partial charge in [0.2, 0.25) is 0 Å². The molecule has 5 nitrogen and oxygen atoms in total. The summed E-state index contributed by atoms with van der Waals surface area (Å²) in [5.74, 6) is -0.414. The fourth-order valence-electron chi connectivity index (χ4n) is 3.31. The van der Waals surface area contributed by atoms with Gasteiger partial charge >= 0.3 is 5.97 Å². The Morgan fingerprint density at radius 3 is 2.04 bits per heavy atom. The van der Waals surface area contributed by atoms with Gasteiger partial charge in [-0.05, 0) is 44.4 Å². The average molecular weight is 342 g/mol. The first kappa shape index (κ1) is 18.8. The molecule has 0 saturated heterocycles. The first-order valence-electron chi connectivity index (χ1n) is 8.40. The Labute approximate surface area is 148 Å². The molecule has 0 aliphatic rings. The molecule has 1 aromatic carbocycles. The van der Waals surface area contributed by atoms with Gasteiger partial charge in [-0.15, -0.1) is 0 Å². The molecule has 134 valence electrons. The van der Waals surface area contributed by atoms with E-state index in [1.807, 2.05) is 26.0 Å². The second-order valence-corrected chi connectivity index (χ2v) is 6.71. The number of hydrogen-bond donors (Lipinski definition) is 1. The number of methoxy groups -OCH3 is 1. The van der Waals surface area contributed by atoms with Crippen LogP contribution in [0.3, 0.4) is 0 Å². The Bertz CT molecular complexity index is 801. The number of benzene rings is 1. The van der Waals surface area contributed by atoms with Crippen LogP contribution in [0.1, 0.15) is 58.9 Å². The summed E-state index contributed by atoms with van der Waals surface area (Å²) in [5.41, 5.74) is 10.2. The van der Waals surface area contributed by atoms with Gasteiger partial charge in [-0.1, -0.05) is 26.0 Å². The lowest BCUT2D eigenvalue weighted by Gasteiger charge is -2.22. The smallest absolute Gasteiger partial charge is 0.337 e. The van der Waals surface area contributed by atoms with Crippen molar-refractivity contribution in [2.75, 3.05) is 7.11 Å². The topological polar surface area (TPSA) is 74.3 Å². The number of nitrogens with zero attached hydrogens (tertiary/aromatic N) is 1. The van der Waals surface area contributed by atoms with Crippen LogP contribution in [0.25, 0.3) is 11.1 Å². The third kappa shape index (κ3) is 3.31. The van der Waals surface area contributed by atoms with Crippen molar-refractivity contribution >= 4 is 11.9 Å². The number of hydrogen-bond acceptors (Lipinski definition) is 3. The van der Waals surface area contributed by atoms with Gasteiger partial charge in [0.1, 0.15) is 0 Å². The molecule has 1 unspecified atom stereocenters. The fraction of sp³-hybridized carbons (Fsp3) is 0.400. The van der Waals surface area contributed by atoms with Crippen molar-refractivity contribution in [1.29, 1.82) is 0 Å². The molecule has 0 radical (unpaired) electrons. The van der Waals surface area contributed by atoms with Crippen molar-refractivity contribution < 1.29 is 14.3 Å².